The minimum absolute atomic E-state index is 0.0887. The number of hydrogen-bond donors (Lipinski definition) is 1. The summed E-state index contributed by atoms with van der Waals surface area (Å²) in [4.78, 5) is 16.8. The van der Waals surface area contributed by atoms with Gasteiger partial charge in [0, 0.05) is 36.8 Å². The van der Waals surface area contributed by atoms with Gasteiger partial charge in [-0.2, -0.15) is 0 Å². The van der Waals surface area contributed by atoms with Crippen molar-refractivity contribution in [1.82, 2.24) is 9.80 Å². The molecule has 0 bridgehead atoms. The van der Waals surface area contributed by atoms with E-state index in [9.17, 15) is 4.79 Å². The van der Waals surface area contributed by atoms with Gasteiger partial charge in [-0.25, -0.2) is 0 Å². The summed E-state index contributed by atoms with van der Waals surface area (Å²) in [5.74, 6) is 5.97. The third-order valence-corrected chi connectivity index (χ3v) is 4.06. The molecule has 21 heavy (non-hydrogen) atoms. The molecular weight excluding hydrogens is 262 g/mol. The quantitative estimate of drug-likeness (QED) is 0.786. The van der Waals surface area contributed by atoms with Gasteiger partial charge in [0.2, 0.25) is 0 Å². The van der Waals surface area contributed by atoms with Gasteiger partial charge >= 0.3 is 0 Å². The molecule has 1 aromatic rings. The highest BCUT2D eigenvalue weighted by atomic mass is 16.2. The van der Waals surface area contributed by atoms with Crippen LogP contribution in [0.1, 0.15) is 28.4 Å². The van der Waals surface area contributed by atoms with Crippen molar-refractivity contribution < 1.29 is 4.79 Å². The van der Waals surface area contributed by atoms with E-state index in [2.05, 4.69) is 30.7 Å². The number of benzene rings is 1. The second kappa shape index (κ2) is 6.75. The number of rotatable bonds is 1. The fourth-order valence-electron chi connectivity index (χ4n) is 2.45. The number of carbonyl (C=O) groups is 1. The van der Waals surface area contributed by atoms with Gasteiger partial charge in [0.15, 0.2) is 0 Å². The van der Waals surface area contributed by atoms with Crippen LogP contribution in [0.2, 0.25) is 0 Å². The van der Waals surface area contributed by atoms with Crippen molar-refractivity contribution in [3.63, 3.8) is 0 Å². The van der Waals surface area contributed by atoms with E-state index in [-0.39, 0.29) is 5.91 Å². The molecule has 1 aliphatic rings. The normalized spacial score (nSPS) is 19.0. The number of piperazine rings is 1. The zero-order valence-electron chi connectivity index (χ0n) is 13.0. The molecule has 1 aromatic carbocycles. The smallest absolute Gasteiger partial charge is 0.253 e. The van der Waals surface area contributed by atoms with Crippen LogP contribution in [-0.4, -0.2) is 55.0 Å². The Labute approximate surface area is 126 Å². The highest BCUT2D eigenvalue weighted by Crippen LogP contribution is 2.15. The third kappa shape index (κ3) is 3.63. The van der Waals surface area contributed by atoms with Crippen molar-refractivity contribution in [3.8, 4) is 11.8 Å². The number of aryl methyl sites for hydroxylation is 1. The first kappa shape index (κ1) is 15.6. The molecule has 0 saturated carbocycles. The Hall–Kier alpha value is -1.83. The molecule has 1 amide bonds. The predicted octanol–water partition coefficient (Wildman–Crippen LogP) is 1.08. The first-order valence-corrected chi connectivity index (χ1v) is 7.32. The maximum absolute atomic E-state index is 12.6. The van der Waals surface area contributed by atoms with E-state index in [0.717, 1.165) is 30.8 Å². The maximum atomic E-state index is 12.6. The molecule has 2 N–H and O–H groups in total. The van der Waals surface area contributed by atoms with Crippen LogP contribution in [0.25, 0.3) is 0 Å². The zero-order valence-corrected chi connectivity index (χ0v) is 13.0. The number of carbonyl (C=O) groups excluding carboxylic acids is 1. The topological polar surface area (TPSA) is 49.6 Å². The third-order valence-electron chi connectivity index (χ3n) is 4.06. The number of amides is 1. The Morgan fingerprint density at radius 1 is 1.43 bits per heavy atom. The fourth-order valence-corrected chi connectivity index (χ4v) is 2.45. The van der Waals surface area contributed by atoms with Gasteiger partial charge in [0.1, 0.15) is 0 Å². The molecule has 1 unspecified atom stereocenters. The summed E-state index contributed by atoms with van der Waals surface area (Å²) in [7, 11) is 2.10. The zero-order chi connectivity index (χ0) is 15.4. The molecule has 1 saturated heterocycles. The molecule has 112 valence electrons. The highest BCUT2D eigenvalue weighted by Gasteiger charge is 2.25. The van der Waals surface area contributed by atoms with E-state index >= 15 is 0 Å². The van der Waals surface area contributed by atoms with E-state index in [0.29, 0.717) is 18.2 Å². The Morgan fingerprint density at radius 3 is 2.86 bits per heavy atom. The van der Waals surface area contributed by atoms with Crippen molar-refractivity contribution in [2.24, 2.45) is 5.73 Å². The Morgan fingerprint density at radius 2 is 2.19 bits per heavy atom. The first-order chi connectivity index (χ1) is 10.0. The number of nitrogens with zero attached hydrogens (tertiary/aromatic N) is 2. The van der Waals surface area contributed by atoms with Gasteiger partial charge in [-0.1, -0.05) is 17.9 Å². The maximum Gasteiger partial charge on any atom is 0.253 e. The van der Waals surface area contributed by atoms with Gasteiger partial charge in [-0.15, -0.1) is 0 Å². The van der Waals surface area contributed by atoms with Crippen LogP contribution in [-0.2, 0) is 0 Å². The van der Waals surface area contributed by atoms with Crippen molar-refractivity contribution >= 4 is 5.91 Å². The summed E-state index contributed by atoms with van der Waals surface area (Å²) in [6.45, 7) is 6.93. The first-order valence-electron chi connectivity index (χ1n) is 7.32. The van der Waals surface area contributed by atoms with E-state index < -0.39 is 0 Å². The van der Waals surface area contributed by atoms with Gasteiger partial charge < -0.3 is 15.5 Å². The average molecular weight is 285 g/mol. The minimum atomic E-state index is 0.0887. The van der Waals surface area contributed by atoms with Crippen molar-refractivity contribution in [2.45, 2.75) is 19.9 Å². The number of nitrogens with two attached hydrogens (primary N) is 1. The summed E-state index contributed by atoms with van der Waals surface area (Å²) >= 11 is 0. The summed E-state index contributed by atoms with van der Waals surface area (Å²) in [5, 5.41) is 0. The molecule has 2 rings (SSSR count). The molecule has 0 aliphatic carbocycles. The van der Waals surface area contributed by atoms with E-state index in [1.54, 1.807) is 0 Å². The summed E-state index contributed by atoms with van der Waals surface area (Å²) in [6, 6.07) is 6.11. The lowest BCUT2D eigenvalue weighted by Crippen LogP contribution is -2.52. The summed E-state index contributed by atoms with van der Waals surface area (Å²) < 4.78 is 0. The van der Waals surface area contributed by atoms with Crippen LogP contribution in [0.4, 0.5) is 0 Å². The molecule has 1 fully saturated rings. The van der Waals surface area contributed by atoms with E-state index in [4.69, 9.17) is 5.73 Å². The molecule has 4 nitrogen and oxygen atoms in total. The lowest BCUT2D eigenvalue weighted by molar-refractivity contribution is 0.0572. The van der Waals surface area contributed by atoms with Crippen LogP contribution < -0.4 is 5.73 Å². The predicted molar refractivity (Wildman–Crippen MR) is 85.1 cm³/mol. The van der Waals surface area contributed by atoms with Crippen molar-refractivity contribution in [2.75, 3.05) is 33.2 Å². The molecule has 4 heteroatoms. The van der Waals surface area contributed by atoms with E-state index in [1.165, 1.54) is 0 Å². The molecule has 0 aromatic heterocycles. The number of hydrogen-bond acceptors (Lipinski definition) is 3. The van der Waals surface area contributed by atoms with Gasteiger partial charge in [-0.3, -0.25) is 4.79 Å². The monoisotopic (exact) mass is 285 g/mol. The molecule has 1 heterocycles. The lowest BCUT2D eigenvalue weighted by atomic mass is 10.0. The summed E-state index contributed by atoms with van der Waals surface area (Å²) in [6.07, 6.45) is 0. The standard InChI is InChI=1S/C17H23N3O/c1-13-6-7-16(11-15(13)5-4-8-18)17(21)20-10-9-19(3)14(2)12-20/h6-7,11,14H,8-10,12,18H2,1-3H3. The van der Waals surface area contributed by atoms with Crippen LogP contribution >= 0.6 is 0 Å². The Kier molecular flexibility index (Phi) is 5.00. The second-order valence-electron chi connectivity index (χ2n) is 5.62. The average Bonchev–Trinajstić information content (AvgIpc) is 2.48. The largest absolute Gasteiger partial charge is 0.336 e. The fraction of sp³-hybridized carbons (Fsp3) is 0.471. The van der Waals surface area contributed by atoms with Crippen LogP contribution in [0, 0.1) is 18.8 Å². The molecule has 1 aliphatic heterocycles. The molecule has 0 radical (unpaired) electrons. The van der Waals surface area contributed by atoms with Gasteiger partial charge in [0.05, 0.1) is 6.54 Å². The molecule has 0 spiro atoms. The van der Waals surface area contributed by atoms with Crippen LogP contribution in [0.3, 0.4) is 0 Å². The Balaban J connectivity index is 2.20. The number of likely N-dealkylation sites (N-methyl/N-ethyl adjacent to an activating group) is 1. The van der Waals surface area contributed by atoms with Crippen molar-refractivity contribution in [1.29, 1.82) is 0 Å². The van der Waals surface area contributed by atoms with E-state index in [1.807, 2.05) is 30.0 Å². The van der Waals surface area contributed by atoms with Gasteiger partial charge in [-0.05, 0) is 38.6 Å². The van der Waals surface area contributed by atoms with Crippen molar-refractivity contribution in [3.05, 3.63) is 34.9 Å². The summed E-state index contributed by atoms with van der Waals surface area (Å²) in [5.41, 5.74) is 8.07. The van der Waals surface area contributed by atoms with Crippen LogP contribution in [0.5, 0.6) is 0 Å². The minimum Gasteiger partial charge on any atom is -0.336 e. The molecule has 1 atom stereocenters. The SMILES string of the molecule is Cc1ccc(C(=O)N2CCN(C)C(C)C2)cc1C#CCN. The van der Waals surface area contributed by atoms with Gasteiger partial charge in [0.25, 0.3) is 5.91 Å². The highest BCUT2D eigenvalue weighted by molar-refractivity contribution is 5.94. The van der Waals surface area contributed by atoms with Crippen LogP contribution in [0.15, 0.2) is 18.2 Å². The lowest BCUT2D eigenvalue weighted by Gasteiger charge is -2.37. The Bertz CT molecular complexity index is 585. The second-order valence-corrected chi connectivity index (χ2v) is 5.62. The molecular formula is C17H23N3O.